The molecule has 0 bridgehead atoms. The Kier molecular flexibility index (Phi) is 7.06. The van der Waals surface area contributed by atoms with Gasteiger partial charge >= 0.3 is 0 Å². The van der Waals surface area contributed by atoms with Gasteiger partial charge in [-0.3, -0.25) is 0 Å². The third kappa shape index (κ3) is 5.97. The third-order valence-corrected chi connectivity index (χ3v) is 4.97. The molecule has 2 heteroatoms. The summed E-state index contributed by atoms with van der Waals surface area (Å²) in [5.74, 6) is 0.962. The SMILES string of the molecule is Cc1ccccc1COc1ccccc1CNC(C)CCc1ccccc1. The zero-order valence-corrected chi connectivity index (χ0v) is 16.3. The maximum atomic E-state index is 6.13. The van der Waals surface area contributed by atoms with E-state index in [9.17, 15) is 0 Å². The summed E-state index contributed by atoms with van der Waals surface area (Å²) in [6.07, 6.45) is 2.22. The fourth-order valence-electron chi connectivity index (χ4n) is 3.13. The first-order valence-electron chi connectivity index (χ1n) is 9.75. The highest BCUT2D eigenvalue weighted by Crippen LogP contribution is 2.20. The van der Waals surface area contributed by atoms with E-state index < -0.39 is 0 Å². The fourth-order valence-corrected chi connectivity index (χ4v) is 3.13. The van der Waals surface area contributed by atoms with Crippen LogP contribution in [0.3, 0.4) is 0 Å². The normalized spacial score (nSPS) is 11.9. The molecule has 0 aliphatic carbocycles. The second kappa shape index (κ2) is 9.94. The van der Waals surface area contributed by atoms with E-state index in [1.54, 1.807) is 0 Å². The second-order valence-corrected chi connectivity index (χ2v) is 7.13. The first-order chi connectivity index (χ1) is 13.2. The lowest BCUT2D eigenvalue weighted by Crippen LogP contribution is -2.26. The van der Waals surface area contributed by atoms with E-state index in [1.807, 2.05) is 6.07 Å². The van der Waals surface area contributed by atoms with Gasteiger partial charge in [-0.2, -0.15) is 0 Å². The Morgan fingerprint density at radius 3 is 2.26 bits per heavy atom. The van der Waals surface area contributed by atoms with Gasteiger partial charge in [-0.05, 0) is 49.4 Å². The molecule has 1 atom stereocenters. The van der Waals surface area contributed by atoms with Crippen LogP contribution in [-0.2, 0) is 19.6 Å². The number of aryl methyl sites for hydroxylation is 2. The molecule has 3 aromatic rings. The molecule has 27 heavy (non-hydrogen) atoms. The molecule has 0 aliphatic heterocycles. The first kappa shape index (κ1) is 19.2. The largest absolute Gasteiger partial charge is 0.489 e. The Morgan fingerprint density at radius 1 is 0.815 bits per heavy atom. The maximum Gasteiger partial charge on any atom is 0.124 e. The highest BCUT2D eigenvalue weighted by Gasteiger charge is 2.07. The average Bonchev–Trinajstić information content (AvgIpc) is 2.71. The number of ether oxygens (including phenoxy) is 1. The Balaban J connectivity index is 1.52. The predicted octanol–water partition coefficient (Wildman–Crippen LogP) is 5.68. The van der Waals surface area contributed by atoms with E-state index in [0.29, 0.717) is 12.6 Å². The summed E-state index contributed by atoms with van der Waals surface area (Å²) in [5, 5.41) is 3.64. The Labute approximate surface area is 163 Å². The average molecular weight is 360 g/mol. The van der Waals surface area contributed by atoms with Crippen LogP contribution in [0.5, 0.6) is 5.75 Å². The van der Waals surface area contributed by atoms with Gasteiger partial charge in [-0.25, -0.2) is 0 Å². The van der Waals surface area contributed by atoms with E-state index in [1.165, 1.54) is 22.3 Å². The molecule has 0 amide bonds. The van der Waals surface area contributed by atoms with Crippen molar-refractivity contribution in [2.24, 2.45) is 0 Å². The van der Waals surface area contributed by atoms with Crippen LogP contribution in [-0.4, -0.2) is 6.04 Å². The number of nitrogens with one attached hydrogen (secondary N) is 1. The number of benzene rings is 3. The van der Waals surface area contributed by atoms with E-state index in [4.69, 9.17) is 4.74 Å². The molecule has 0 heterocycles. The van der Waals surface area contributed by atoms with Gasteiger partial charge in [-0.1, -0.05) is 72.8 Å². The van der Waals surface area contributed by atoms with Gasteiger partial charge in [0.2, 0.25) is 0 Å². The molecule has 2 nitrogen and oxygen atoms in total. The molecule has 1 unspecified atom stereocenters. The summed E-state index contributed by atoms with van der Waals surface area (Å²) in [7, 11) is 0. The minimum atomic E-state index is 0.453. The highest BCUT2D eigenvalue weighted by molar-refractivity contribution is 5.34. The molecule has 0 aromatic heterocycles. The van der Waals surface area contributed by atoms with Crippen LogP contribution in [0.1, 0.15) is 35.6 Å². The molecular formula is C25H29NO. The molecule has 0 saturated carbocycles. The number of rotatable bonds is 9. The van der Waals surface area contributed by atoms with Gasteiger partial charge in [-0.15, -0.1) is 0 Å². The van der Waals surface area contributed by atoms with Gasteiger partial charge < -0.3 is 10.1 Å². The van der Waals surface area contributed by atoms with Crippen molar-refractivity contribution < 1.29 is 4.74 Å². The minimum absolute atomic E-state index is 0.453. The number of hydrogen-bond acceptors (Lipinski definition) is 2. The van der Waals surface area contributed by atoms with Crippen molar-refractivity contribution in [1.29, 1.82) is 0 Å². The lowest BCUT2D eigenvalue weighted by Gasteiger charge is -2.17. The van der Waals surface area contributed by atoms with Crippen LogP contribution in [0.25, 0.3) is 0 Å². The van der Waals surface area contributed by atoms with Crippen molar-refractivity contribution in [3.8, 4) is 5.75 Å². The van der Waals surface area contributed by atoms with Crippen LogP contribution in [0.15, 0.2) is 78.9 Å². The molecule has 0 spiro atoms. The third-order valence-electron chi connectivity index (χ3n) is 4.97. The Hall–Kier alpha value is -2.58. The maximum absolute atomic E-state index is 6.13. The zero-order chi connectivity index (χ0) is 18.9. The number of para-hydroxylation sites is 1. The van der Waals surface area contributed by atoms with Crippen molar-refractivity contribution in [2.75, 3.05) is 0 Å². The minimum Gasteiger partial charge on any atom is -0.489 e. The van der Waals surface area contributed by atoms with Crippen molar-refractivity contribution in [2.45, 2.75) is 45.9 Å². The van der Waals surface area contributed by atoms with Crippen LogP contribution < -0.4 is 10.1 Å². The predicted molar refractivity (Wildman–Crippen MR) is 113 cm³/mol. The van der Waals surface area contributed by atoms with E-state index in [0.717, 1.165) is 25.1 Å². The molecule has 0 radical (unpaired) electrons. The Morgan fingerprint density at radius 2 is 1.48 bits per heavy atom. The van der Waals surface area contributed by atoms with Crippen molar-refractivity contribution >= 4 is 0 Å². The molecule has 0 aliphatic rings. The van der Waals surface area contributed by atoms with Gasteiger partial charge in [0.05, 0.1) is 0 Å². The Bertz CT molecular complexity index is 828. The van der Waals surface area contributed by atoms with Gasteiger partial charge in [0.25, 0.3) is 0 Å². The standard InChI is InChI=1S/C25H29NO/c1-20-10-6-7-14-24(20)19-27-25-15-9-8-13-23(25)18-26-21(2)16-17-22-11-4-3-5-12-22/h3-15,21,26H,16-19H2,1-2H3. The fraction of sp³-hybridized carbons (Fsp3) is 0.280. The molecule has 0 fully saturated rings. The van der Waals surface area contributed by atoms with Gasteiger partial charge in [0.1, 0.15) is 12.4 Å². The lowest BCUT2D eigenvalue weighted by atomic mass is 10.1. The van der Waals surface area contributed by atoms with E-state index in [2.05, 4.69) is 92.0 Å². The van der Waals surface area contributed by atoms with Crippen LogP contribution in [0.2, 0.25) is 0 Å². The molecule has 140 valence electrons. The van der Waals surface area contributed by atoms with E-state index in [-0.39, 0.29) is 0 Å². The number of hydrogen-bond donors (Lipinski definition) is 1. The molecule has 3 rings (SSSR count). The van der Waals surface area contributed by atoms with Gasteiger partial charge in [0, 0.05) is 18.2 Å². The van der Waals surface area contributed by atoms with E-state index >= 15 is 0 Å². The molecular weight excluding hydrogens is 330 g/mol. The van der Waals surface area contributed by atoms with Crippen LogP contribution in [0, 0.1) is 6.92 Å². The quantitative estimate of drug-likeness (QED) is 0.530. The molecule has 0 saturated heterocycles. The summed E-state index contributed by atoms with van der Waals surface area (Å²) < 4.78 is 6.13. The smallest absolute Gasteiger partial charge is 0.124 e. The summed E-state index contributed by atoms with van der Waals surface area (Å²) in [5.41, 5.74) is 5.10. The first-order valence-corrected chi connectivity index (χ1v) is 9.75. The second-order valence-electron chi connectivity index (χ2n) is 7.13. The topological polar surface area (TPSA) is 21.3 Å². The van der Waals surface area contributed by atoms with Crippen LogP contribution in [0.4, 0.5) is 0 Å². The summed E-state index contributed by atoms with van der Waals surface area (Å²) in [4.78, 5) is 0. The monoisotopic (exact) mass is 359 g/mol. The summed E-state index contributed by atoms with van der Waals surface area (Å²) >= 11 is 0. The summed E-state index contributed by atoms with van der Waals surface area (Å²) in [6, 6.07) is 27.8. The zero-order valence-electron chi connectivity index (χ0n) is 16.3. The lowest BCUT2D eigenvalue weighted by molar-refractivity contribution is 0.300. The highest BCUT2D eigenvalue weighted by atomic mass is 16.5. The van der Waals surface area contributed by atoms with Gasteiger partial charge in [0.15, 0.2) is 0 Å². The summed E-state index contributed by atoms with van der Waals surface area (Å²) in [6.45, 7) is 5.80. The van der Waals surface area contributed by atoms with Crippen molar-refractivity contribution in [3.05, 3.63) is 101 Å². The van der Waals surface area contributed by atoms with Crippen LogP contribution >= 0.6 is 0 Å². The molecule has 1 N–H and O–H groups in total. The van der Waals surface area contributed by atoms with Crippen molar-refractivity contribution in [1.82, 2.24) is 5.32 Å². The van der Waals surface area contributed by atoms with Crippen molar-refractivity contribution in [3.63, 3.8) is 0 Å². The molecule has 3 aromatic carbocycles.